The summed E-state index contributed by atoms with van der Waals surface area (Å²) in [6, 6.07) is 3.06. The Hall–Kier alpha value is -3.87. The van der Waals surface area contributed by atoms with E-state index in [2.05, 4.69) is 25.3 Å². The molecule has 0 bridgehead atoms. The number of nitrogens with one attached hydrogen (secondary N) is 1. The number of carbonyl (C=O) groups excluding carboxylic acids is 1. The molecule has 1 saturated heterocycles. The first-order chi connectivity index (χ1) is 16.5. The van der Waals surface area contributed by atoms with Crippen LogP contribution in [0.4, 0.5) is 34.1 Å². The summed E-state index contributed by atoms with van der Waals surface area (Å²) in [5, 5.41) is 12.9. The number of carbonyl (C=O) groups is 1. The predicted octanol–water partition coefficient (Wildman–Crippen LogP) is 3.97. The van der Waals surface area contributed by atoms with Gasteiger partial charge in [-0.2, -0.15) is 18.2 Å². The molecule has 4 rings (SSSR count). The molecule has 1 aromatic carbocycles. The zero-order valence-electron chi connectivity index (χ0n) is 18.5. The fourth-order valence-corrected chi connectivity index (χ4v) is 3.50. The summed E-state index contributed by atoms with van der Waals surface area (Å²) in [5.41, 5.74) is -0.973. The van der Waals surface area contributed by atoms with E-state index in [-0.39, 0.29) is 29.5 Å². The first-order valence-electron chi connectivity index (χ1n) is 10.5. The minimum absolute atomic E-state index is 0.0262. The van der Waals surface area contributed by atoms with Gasteiger partial charge >= 0.3 is 12.3 Å². The van der Waals surface area contributed by atoms with Crippen LogP contribution < -0.4 is 10.2 Å². The first-order valence-corrected chi connectivity index (χ1v) is 10.5. The molecule has 3 atom stereocenters. The van der Waals surface area contributed by atoms with E-state index in [0.29, 0.717) is 11.9 Å². The number of benzene rings is 1. The molecule has 3 aromatic rings. The van der Waals surface area contributed by atoms with E-state index in [1.54, 1.807) is 13.8 Å². The highest BCUT2D eigenvalue weighted by Crippen LogP contribution is 2.34. The summed E-state index contributed by atoms with van der Waals surface area (Å²) in [6.45, 7) is 3.28. The summed E-state index contributed by atoms with van der Waals surface area (Å²) in [7, 11) is 0. The Bertz CT molecular complexity index is 1220. The van der Waals surface area contributed by atoms with Crippen LogP contribution in [0.3, 0.4) is 0 Å². The van der Waals surface area contributed by atoms with Crippen molar-refractivity contribution >= 4 is 17.9 Å². The quantitative estimate of drug-likeness (QED) is 0.497. The molecule has 0 aliphatic carbocycles. The molecular weight excluding hydrogens is 472 g/mol. The van der Waals surface area contributed by atoms with Gasteiger partial charge in [0, 0.05) is 24.2 Å². The fraction of sp³-hybridized carbons (Fsp3) is 0.318. The van der Waals surface area contributed by atoms with Crippen molar-refractivity contribution in [1.29, 1.82) is 0 Å². The minimum Gasteiger partial charge on any atom is -0.447 e. The Morgan fingerprint density at radius 3 is 2.51 bits per heavy atom. The number of aromatic nitrogens is 4. The number of hydrogen-bond acceptors (Lipinski definition) is 8. The molecule has 3 heterocycles. The average Bonchev–Trinajstić information content (AvgIpc) is 3.20. The van der Waals surface area contributed by atoms with E-state index in [1.165, 1.54) is 35.6 Å². The van der Waals surface area contributed by atoms with Crippen molar-refractivity contribution in [1.82, 2.24) is 19.9 Å². The lowest BCUT2D eigenvalue weighted by atomic mass is 10.0. The Morgan fingerprint density at radius 1 is 1.14 bits per heavy atom. The SMILES string of the molecule is C[C@H](Nc1nccc(N2C(=O)OC[C@@H]2[C@@H](C)O)n1)c1ncc(-c2ccc(F)c(C(F)(F)F)c2)cn1. The van der Waals surface area contributed by atoms with E-state index in [9.17, 15) is 27.5 Å². The van der Waals surface area contributed by atoms with Crippen LogP contribution in [-0.4, -0.2) is 49.9 Å². The topological polar surface area (TPSA) is 113 Å². The Labute approximate surface area is 196 Å². The van der Waals surface area contributed by atoms with Gasteiger partial charge < -0.3 is 15.2 Å². The summed E-state index contributed by atoms with van der Waals surface area (Å²) >= 11 is 0. The molecule has 0 radical (unpaired) electrons. The summed E-state index contributed by atoms with van der Waals surface area (Å²) < 4.78 is 57.6. The molecule has 0 unspecified atom stereocenters. The number of hydrogen-bond donors (Lipinski definition) is 2. The highest BCUT2D eigenvalue weighted by atomic mass is 19.4. The Kier molecular flexibility index (Phi) is 6.52. The number of nitrogens with zero attached hydrogens (tertiary/aromatic N) is 5. The van der Waals surface area contributed by atoms with Gasteiger partial charge in [0.15, 0.2) is 0 Å². The second-order valence-corrected chi connectivity index (χ2v) is 7.88. The van der Waals surface area contributed by atoms with Crippen LogP contribution in [0.15, 0.2) is 42.9 Å². The number of anilines is 2. The van der Waals surface area contributed by atoms with Gasteiger partial charge in [0.05, 0.1) is 17.7 Å². The van der Waals surface area contributed by atoms with Crippen LogP contribution in [0.25, 0.3) is 11.1 Å². The first kappa shape index (κ1) is 24.3. The Balaban J connectivity index is 1.50. The average molecular weight is 492 g/mol. The normalized spacial score (nSPS) is 17.7. The molecule has 13 heteroatoms. The van der Waals surface area contributed by atoms with E-state index >= 15 is 0 Å². The van der Waals surface area contributed by atoms with Gasteiger partial charge in [-0.15, -0.1) is 0 Å². The molecule has 1 aliphatic rings. The molecule has 2 aromatic heterocycles. The molecule has 0 spiro atoms. The number of ether oxygens (including phenoxy) is 1. The third kappa shape index (κ3) is 5.14. The van der Waals surface area contributed by atoms with Crippen molar-refractivity contribution < 1.29 is 32.2 Å². The van der Waals surface area contributed by atoms with E-state index in [4.69, 9.17) is 4.74 Å². The van der Waals surface area contributed by atoms with Crippen molar-refractivity contribution in [2.45, 2.75) is 38.2 Å². The third-order valence-corrected chi connectivity index (χ3v) is 5.36. The maximum atomic E-state index is 13.6. The highest BCUT2D eigenvalue weighted by molar-refractivity contribution is 5.89. The van der Waals surface area contributed by atoms with Gasteiger partial charge in [-0.05, 0) is 37.6 Å². The van der Waals surface area contributed by atoms with Crippen LogP contribution in [0.2, 0.25) is 0 Å². The molecule has 1 fully saturated rings. The molecule has 0 saturated carbocycles. The second-order valence-electron chi connectivity index (χ2n) is 7.88. The fourth-order valence-electron chi connectivity index (χ4n) is 3.50. The number of amides is 1. The lowest BCUT2D eigenvalue weighted by molar-refractivity contribution is -0.139. The van der Waals surface area contributed by atoms with Gasteiger partial charge in [-0.25, -0.2) is 24.1 Å². The van der Waals surface area contributed by atoms with Crippen molar-refractivity contribution in [3.63, 3.8) is 0 Å². The summed E-state index contributed by atoms with van der Waals surface area (Å²) in [4.78, 5) is 30.1. The number of halogens is 4. The van der Waals surface area contributed by atoms with Crippen LogP contribution >= 0.6 is 0 Å². The number of rotatable bonds is 6. The lowest BCUT2D eigenvalue weighted by Gasteiger charge is -2.23. The number of aliphatic hydroxyl groups is 1. The molecule has 1 amide bonds. The van der Waals surface area contributed by atoms with Crippen molar-refractivity contribution in [2.24, 2.45) is 0 Å². The lowest BCUT2D eigenvalue weighted by Crippen LogP contribution is -2.41. The molecule has 1 aliphatic heterocycles. The standard InChI is InChI=1S/C22H20F4N6O3/c1-11(30-20-27-6-5-18(31-20)32-17(12(2)33)10-35-21(32)34)19-28-8-14(9-29-19)13-3-4-16(23)15(7-13)22(24,25)26/h3-9,11-12,17,33H,10H2,1-2H3,(H,27,30,31)/t11-,12+,17+/m0/s1. The van der Waals surface area contributed by atoms with Gasteiger partial charge in [-0.3, -0.25) is 4.90 Å². The van der Waals surface area contributed by atoms with Crippen LogP contribution in [0.5, 0.6) is 0 Å². The van der Waals surface area contributed by atoms with Crippen molar-refractivity contribution in [3.05, 3.63) is 60.1 Å². The van der Waals surface area contributed by atoms with Crippen molar-refractivity contribution in [2.75, 3.05) is 16.8 Å². The maximum Gasteiger partial charge on any atom is 0.419 e. The summed E-state index contributed by atoms with van der Waals surface area (Å²) in [5.74, 6) is -0.680. The molecule has 35 heavy (non-hydrogen) atoms. The summed E-state index contributed by atoms with van der Waals surface area (Å²) in [6.07, 6.45) is -2.21. The zero-order valence-corrected chi connectivity index (χ0v) is 18.5. The second kappa shape index (κ2) is 9.41. The number of cyclic esters (lactones) is 1. The van der Waals surface area contributed by atoms with E-state index < -0.39 is 41.8 Å². The van der Waals surface area contributed by atoms with Crippen molar-refractivity contribution in [3.8, 4) is 11.1 Å². The largest absolute Gasteiger partial charge is 0.447 e. The minimum atomic E-state index is -4.82. The van der Waals surface area contributed by atoms with Crippen LogP contribution in [-0.2, 0) is 10.9 Å². The molecule has 2 N–H and O–H groups in total. The van der Waals surface area contributed by atoms with Gasteiger partial charge in [-0.1, -0.05) is 6.07 Å². The Morgan fingerprint density at radius 2 is 1.86 bits per heavy atom. The predicted molar refractivity (Wildman–Crippen MR) is 116 cm³/mol. The third-order valence-electron chi connectivity index (χ3n) is 5.36. The van der Waals surface area contributed by atoms with E-state index in [0.717, 1.165) is 6.07 Å². The van der Waals surface area contributed by atoms with E-state index in [1.807, 2.05) is 0 Å². The molecule has 184 valence electrons. The smallest absolute Gasteiger partial charge is 0.419 e. The number of aliphatic hydroxyl groups excluding tert-OH is 1. The monoisotopic (exact) mass is 492 g/mol. The molecular formula is C22H20F4N6O3. The zero-order chi connectivity index (χ0) is 25.3. The number of alkyl halides is 3. The van der Waals surface area contributed by atoms with Gasteiger partial charge in [0.25, 0.3) is 0 Å². The van der Waals surface area contributed by atoms with Gasteiger partial charge in [0.1, 0.15) is 30.1 Å². The van der Waals surface area contributed by atoms with Gasteiger partial charge in [0.2, 0.25) is 5.95 Å². The maximum absolute atomic E-state index is 13.6. The van der Waals surface area contributed by atoms with Crippen LogP contribution in [0, 0.1) is 5.82 Å². The van der Waals surface area contributed by atoms with Crippen LogP contribution in [0.1, 0.15) is 31.3 Å². The highest BCUT2D eigenvalue weighted by Gasteiger charge is 2.38. The molecule has 9 nitrogen and oxygen atoms in total.